The van der Waals surface area contributed by atoms with Crippen LogP contribution in [0.3, 0.4) is 0 Å². The summed E-state index contributed by atoms with van der Waals surface area (Å²) in [6.07, 6.45) is 0. The summed E-state index contributed by atoms with van der Waals surface area (Å²) in [5.41, 5.74) is 0.958. The number of carbonyl (C=O) groups is 1. The van der Waals surface area contributed by atoms with Crippen molar-refractivity contribution in [2.24, 2.45) is 0 Å². The minimum absolute atomic E-state index is 0.0168. The van der Waals surface area contributed by atoms with Gasteiger partial charge in [-0.2, -0.15) is 0 Å². The molecule has 0 saturated heterocycles. The third-order valence-corrected chi connectivity index (χ3v) is 2.54. The first kappa shape index (κ1) is 15.3. The first-order chi connectivity index (χ1) is 9.08. The number of ether oxygens (including phenoxy) is 2. The van der Waals surface area contributed by atoms with Crippen LogP contribution in [-0.4, -0.2) is 32.7 Å². The first-order valence-corrected chi connectivity index (χ1v) is 6.28. The SMILES string of the molecule is COc1cccc(CNCC(=O)NC(C)C)c1OC. The zero-order chi connectivity index (χ0) is 14.3. The quantitative estimate of drug-likeness (QED) is 0.781. The van der Waals surface area contributed by atoms with E-state index in [2.05, 4.69) is 10.6 Å². The van der Waals surface area contributed by atoms with Gasteiger partial charge in [0.05, 0.1) is 20.8 Å². The molecule has 0 aliphatic rings. The smallest absolute Gasteiger partial charge is 0.234 e. The van der Waals surface area contributed by atoms with Crippen LogP contribution in [0.4, 0.5) is 0 Å². The number of rotatable bonds is 7. The first-order valence-electron chi connectivity index (χ1n) is 6.28. The standard InChI is InChI=1S/C14H22N2O3/c1-10(2)16-13(17)9-15-8-11-6-5-7-12(18-3)14(11)19-4/h5-7,10,15H,8-9H2,1-4H3,(H,16,17). The number of hydrogen-bond acceptors (Lipinski definition) is 4. The highest BCUT2D eigenvalue weighted by Gasteiger charge is 2.09. The number of hydrogen-bond donors (Lipinski definition) is 2. The van der Waals surface area contributed by atoms with E-state index in [1.807, 2.05) is 32.0 Å². The number of methoxy groups -OCH3 is 2. The average Bonchev–Trinajstić information content (AvgIpc) is 2.37. The summed E-state index contributed by atoms with van der Waals surface area (Å²) >= 11 is 0. The van der Waals surface area contributed by atoms with Crippen LogP contribution in [0.25, 0.3) is 0 Å². The van der Waals surface area contributed by atoms with Gasteiger partial charge in [0.15, 0.2) is 11.5 Å². The van der Waals surface area contributed by atoms with Gasteiger partial charge in [0.25, 0.3) is 0 Å². The van der Waals surface area contributed by atoms with Gasteiger partial charge in [-0.05, 0) is 19.9 Å². The molecule has 0 aromatic heterocycles. The lowest BCUT2D eigenvalue weighted by Gasteiger charge is -2.13. The highest BCUT2D eigenvalue weighted by molar-refractivity contribution is 5.78. The predicted molar refractivity (Wildman–Crippen MR) is 74.5 cm³/mol. The van der Waals surface area contributed by atoms with Gasteiger partial charge in [-0.15, -0.1) is 0 Å². The van der Waals surface area contributed by atoms with E-state index in [0.717, 1.165) is 5.56 Å². The molecule has 0 heterocycles. The zero-order valence-corrected chi connectivity index (χ0v) is 11.9. The number of para-hydroxylation sites is 1. The lowest BCUT2D eigenvalue weighted by molar-refractivity contribution is -0.120. The maximum atomic E-state index is 11.5. The largest absolute Gasteiger partial charge is 0.493 e. The van der Waals surface area contributed by atoms with Gasteiger partial charge >= 0.3 is 0 Å². The van der Waals surface area contributed by atoms with E-state index in [4.69, 9.17) is 9.47 Å². The zero-order valence-electron chi connectivity index (χ0n) is 11.9. The van der Waals surface area contributed by atoms with Crippen LogP contribution in [0, 0.1) is 0 Å². The van der Waals surface area contributed by atoms with E-state index in [0.29, 0.717) is 18.0 Å². The Labute approximate surface area is 114 Å². The summed E-state index contributed by atoms with van der Waals surface area (Å²) in [4.78, 5) is 11.5. The summed E-state index contributed by atoms with van der Waals surface area (Å²) in [5.74, 6) is 1.37. The van der Waals surface area contributed by atoms with E-state index < -0.39 is 0 Å². The molecule has 1 aromatic rings. The molecule has 5 nitrogen and oxygen atoms in total. The minimum atomic E-state index is -0.0168. The number of amides is 1. The number of nitrogens with one attached hydrogen (secondary N) is 2. The minimum Gasteiger partial charge on any atom is -0.493 e. The predicted octanol–water partition coefficient (Wildman–Crippen LogP) is 1.32. The van der Waals surface area contributed by atoms with Crippen molar-refractivity contribution in [1.29, 1.82) is 0 Å². The van der Waals surface area contributed by atoms with Crippen LogP contribution in [0.15, 0.2) is 18.2 Å². The monoisotopic (exact) mass is 266 g/mol. The highest BCUT2D eigenvalue weighted by Crippen LogP contribution is 2.30. The summed E-state index contributed by atoms with van der Waals surface area (Å²) in [7, 11) is 3.21. The maximum absolute atomic E-state index is 11.5. The van der Waals surface area contributed by atoms with Gasteiger partial charge in [0.1, 0.15) is 0 Å². The van der Waals surface area contributed by atoms with Crippen molar-refractivity contribution >= 4 is 5.91 Å². The molecule has 1 rings (SSSR count). The van der Waals surface area contributed by atoms with Crippen molar-refractivity contribution in [3.8, 4) is 11.5 Å². The van der Waals surface area contributed by atoms with Crippen molar-refractivity contribution in [1.82, 2.24) is 10.6 Å². The van der Waals surface area contributed by atoms with E-state index in [9.17, 15) is 4.79 Å². The summed E-state index contributed by atoms with van der Waals surface area (Å²) < 4.78 is 10.5. The van der Waals surface area contributed by atoms with Crippen molar-refractivity contribution in [2.75, 3.05) is 20.8 Å². The molecule has 0 spiro atoms. The Bertz CT molecular complexity index is 419. The molecule has 0 unspecified atom stereocenters. The van der Waals surface area contributed by atoms with Crippen LogP contribution in [-0.2, 0) is 11.3 Å². The van der Waals surface area contributed by atoms with Gasteiger partial charge < -0.3 is 20.1 Å². The molecule has 106 valence electrons. The lowest BCUT2D eigenvalue weighted by atomic mass is 10.2. The molecule has 0 fully saturated rings. The van der Waals surface area contributed by atoms with Gasteiger partial charge in [0.2, 0.25) is 5.91 Å². The topological polar surface area (TPSA) is 59.6 Å². The van der Waals surface area contributed by atoms with Crippen LogP contribution in [0.5, 0.6) is 11.5 Å². The number of carbonyl (C=O) groups excluding carboxylic acids is 1. The average molecular weight is 266 g/mol. The number of benzene rings is 1. The molecule has 1 amide bonds. The molecule has 0 radical (unpaired) electrons. The van der Waals surface area contributed by atoms with E-state index in [-0.39, 0.29) is 18.5 Å². The summed E-state index contributed by atoms with van der Waals surface area (Å²) in [5, 5.41) is 5.91. The van der Waals surface area contributed by atoms with Gasteiger partial charge in [0, 0.05) is 18.2 Å². The second-order valence-corrected chi connectivity index (χ2v) is 4.48. The van der Waals surface area contributed by atoms with Crippen molar-refractivity contribution < 1.29 is 14.3 Å². The summed E-state index contributed by atoms with van der Waals surface area (Å²) in [6, 6.07) is 5.83. The summed E-state index contributed by atoms with van der Waals surface area (Å²) in [6.45, 7) is 4.69. The Balaban J connectivity index is 2.56. The van der Waals surface area contributed by atoms with E-state index >= 15 is 0 Å². The fraction of sp³-hybridized carbons (Fsp3) is 0.500. The van der Waals surface area contributed by atoms with Crippen LogP contribution in [0.1, 0.15) is 19.4 Å². The molecule has 0 saturated carbocycles. The second-order valence-electron chi connectivity index (χ2n) is 4.48. The third kappa shape index (κ3) is 4.79. The van der Waals surface area contributed by atoms with Crippen molar-refractivity contribution in [3.63, 3.8) is 0 Å². The Morgan fingerprint density at radius 2 is 2.00 bits per heavy atom. The van der Waals surface area contributed by atoms with E-state index in [1.54, 1.807) is 14.2 Å². The van der Waals surface area contributed by atoms with Gasteiger partial charge in [-0.25, -0.2) is 0 Å². The lowest BCUT2D eigenvalue weighted by Crippen LogP contribution is -2.37. The third-order valence-electron chi connectivity index (χ3n) is 2.54. The van der Waals surface area contributed by atoms with Crippen LogP contribution >= 0.6 is 0 Å². The van der Waals surface area contributed by atoms with Crippen LogP contribution < -0.4 is 20.1 Å². The molecule has 2 N–H and O–H groups in total. The normalized spacial score (nSPS) is 10.4. The molecule has 0 aliphatic carbocycles. The highest BCUT2D eigenvalue weighted by atomic mass is 16.5. The Morgan fingerprint density at radius 3 is 2.58 bits per heavy atom. The fourth-order valence-corrected chi connectivity index (χ4v) is 1.78. The molecular formula is C14H22N2O3. The second kappa shape index (κ2) is 7.63. The Morgan fingerprint density at radius 1 is 1.26 bits per heavy atom. The molecule has 0 bridgehead atoms. The van der Waals surface area contributed by atoms with Crippen molar-refractivity contribution in [2.45, 2.75) is 26.4 Å². The van der Waals surface area contributed by atoms with Crippen LogP contribution in [0.2, 0.25) is 0 Å². The Kier molecular flexibility index (Phi) is 6.15. The molecule has 0 atom stereocenters. The molecule has 1 aromatic carbocycles. The molecule has 19 heavy (non-hydrogen) atoms. The molecule has 5 heteroatoms. The van der Waals surface area contributed by atoms with Gasteiger partial charge in [-0.1, -0.05) is 12.1 Å². The molecular weight excluding hydrogens is 244 g/mol. The molecule has 0 aliphatic heterocycles. The Hall–Kier alpha value is -1.75. The van der Waals surface area contributed by atoms with Gasteiger partial charge in [-0.3, -0.25) is 4.79 Å². The fourth-order valence-electron chi connectivity index (χ4n) is 1.78. The maximum Gasteiger partial charge on any atom is 0.234 e. The van der Waals surface area contributed by atoms with Crippen molar-refractivity contribution in [3.05, 3.63) is 23.8 Å². The van der Waals surface area contributed by atoms with E-state index in [1.165, 1.54) is 0 Å².